The van der Waals surface area contributed by atoms with Crippen molar-refractivity contribution < 1.29 is 19.0 Å². The number of hydrogen-bond acceptors (Lipinski definition) is 4. The Morgan fingerprint density at radius 2 is 1.61 bits per heavy atom. The summed E-state index contributed by atoms with van der Waals surface area (Å²) in [4.78, 5) is 15.8. The predicted octanol–water partition coefficient (Wildman–Crippen LogP) is 5.95. The number of rotatable bonds is 5. The number of nitrogens with zero attached hydrogens (tertiary/aromatic N) is 2. The minimum absolute atomic E-state index is 0.233. The number of benzene rings is 3. The van der Waals surface area contributed by atoms with Crippen LogP contribution in [0.25, 0.3) is 5.69 Å². The molecule has 1 aromatic heterocycles. The van der Waals surface area contributed by atoms with Gasteiger partial charge in [0.05, 0.1) is 45.3 Å². The van der Waals surface area contributed by atoms with E-state index in [1.165, 1.54) is 0 Å². The third kappa shape index (κ3) is 4.13. The second-order valence-corrected chi connectivity index (χ2v) is 8.71. The third-order valence-electron chi connectivity index (χ3n) is 6.54. The van der Waals surface area contributed by atoms with Crippen LogP contribution < -0.4 is 19.5 Å². The van der Waals surface area contributed by atoms with Gasteiger partial charge in [0, 0.05) is 11.9 Å². The molecule has 0 saturated carbocycles. The third-order valence-corrected chi connectivity index (χ3v) is 6.54. The number of urea groups is 1. The van der Waals surface area contributed by atoms with Crippen LogP contribution in [0.15, 0.2) is 79.0 Å². The van der Waals surface area contributed by atoms with Crippen molar-refractivity contribution in [3.8, 4) is 22.9 Å². The standard InChI is InChI=1S/C29H29N3O4/c1-19-11-13-25(34-2)22(16-19)30-29(33)32-18-21-8-5-6-9-23(21)31-15-7-10-24(31)28(32)20-12-14-26(35-3)27(17-20)36-4/h5-17,28H,18H2,1-4H3,(H,30,33)/t28-/m1/s1. The minimum atomic E-state index is -0.386. The van der Waals surface area contributed by atoms with Gasteiger partial charge in [0.1, 0.15) is 5.75 Å². The lowest BCUT2D eigenvalue weighted by atomic mass is 10.0. The zero-order valence-electron chi connectivity index (χ0n) is 20.8. The van der Waals surface area contributed by atoms with Gasteiger partial charge in [-0.15, -0.1) is 0 Å². The van der Waals surface area contributed by atoms with Crippen molar-refractivity contribution in [2.45, 2.75) is 19.5 Å². The Balaban J connectivity index is 1.65. The Hall–Kier alpha value is -4.39. The number of carbonyl (C=O) groups is 1. The number of carbonyl (C=O) groups excluding carboxylic acids is 1. The minimum Gasteiger partial charge on any atom is -0.495 e. The van der Waals surface area contributed by atoms with Crippen molar-refractivity contribution in [1.29, 1.82) is 0 Å². The Labute approximate surface area is 210 Å². The highest BCUT2D eigenvalue weighted by atomic mass is 16.5. The molecule has 1 aliphatic heterocycles. The summed E-state index contributed by atoms with van der Waals surface area (Å²) in [6, 6.07) is 23.1. The van der Waals surface area contributed by atoms with Crippen molar-refractivity contribution in [2.24, 2.45) is 0 Å². The summed E-state index contributed by atoms with van der Waals surface area (Å²) < 4.78 is 18.7. The zero-order valence-corrected chi connectivity index (χ0v) is 20.8. The van der Waals surface area contributed by atoms with E-state index in [0.717, 1.165) is 28.1 Å². The van der Waals surface area contributed by atoms with Gasteiger partial charge < -0.3 is 29.0 Å². The van der Waals surface area contributed by atoms with Crippen molar-refractivity contribution >= 4 is 11.7 Å². The number of amides is 2. The number of nitrogens with one attached hydrogen (secondary N) is 1. The quantitative estimate of drug-likeness (QED) is 0.381. The summed E-state index contributed by atoms with van der Waals surface area (Å²) in [7, 11) is 4.82. The van der Waals surface area contributed by atoms with Gasteiger partial charge >= 0.3 is 6.03 Å². The van der Waals surface area contributed by atoms with Gasteiger partial charge in [0.2, 0.25) is 0 Å². The van der Waals surface area contributed by atoms with Crippen molar-refractivity contribution in [2.75, 3.05) is 26.6 Å². The van der Waals surface area contributed by atoms with Crippen LogP contribution in [0, 0.1) is 6.92 Å². The topological polar surface area (TPSA) is 65.0 Å². The number of aromatic nitrogens is 1. The van der Waals surface area contributed by atoms with Crippen molar-refractivity contribution in [1.82, 2.24) is 9.47 Å². The summed E-state index contributed by atoms with van der Waals surface area (Å²) in [5.74, 6) is 1.85. The molecule has 7 nitrogen and oxygen atoms in total. The highest BCUT2D eigenvalue weighted by Gasteiger charge is 2.33. The summed E-state index contributed by atoms with van der Waals surface area (Å²) in [6.45, 7) is 2.40. The molecule has 36 heavy (non-hydrogen) atoms. The van der Waals surface area contributed by atoms with Crippen molar-refractivity contribution in [3.05, 3.63) is 101 Å². The number of ether oxygens (including phenoxy) is 3. The second kappa shape index (κ2) is 9.70. The van der Waals surface area contributed by atoms with Crippen LogP contribution in [-0.2, 0) is 6.54 Å². The molecule has 3 aromatic carbocycles. The maximum absolute atomic E-state index is 14.0. The van der Waals surface area contributed by atoms with Gasteiger partial charge in [-0.05, 0) is 66.1 Å². The van der Waals surface area contributed by atoms with Crippen LogP contribution in [0.4, 0.5) is 10.5 Å². The Bertz CT molecular complexity index is 1410. The molecule has 0 bridgehead atoms. The first-order valence-corrected chi connectivity index (χ1v) is 11.7. The first-order valence-electron chi connectivity index (χ1n) is 11.7. The van der Waals surface area contributed by atoms with Crippen LogP contribution in [0.2, 0.25) is 0 Å². The van der Waals surface area contributed by atoms with Gasteiger partial charge in [-0.2, -0.15) is 0 Å². The largest absolute Gasteiger partial charge is 0.495 e. The van der Waals surface area contributed by atoms with E-state index >= 15 is 0 Å². The Kier molecular flexibility index (Phi) is 6.29. The molecule has 0 saturated heterocycles. The molecule has 2 heterocycles. The molecule has 0 aliphatic carbocycles. The van der Waals surface area contributed by atoms with Crippen LogP contribution in [0.1, 0.15) is 28.4 Å². The van der Waals surface area contributed by atoms with E-state index in [1.807, 2.05) is 72.6 Å². The maximum atomic E-state index is 14.0. The molecule has 1 aliphatic rings. The molecule has 1 N–H and O–H groups in total. The maximum Gasteiger partial charge on any atom is 0.323 e. The summed E-state index contributed by atoms with van der Waals surface area (Å²) >= 11 is 0. The van der Waals surface area contributed by atoms with Gasteiger partial charge in [-0.3, -0.25) is 0 Å². The predicted molar refractivity (Wildman–Crippen MR) is 139 cm³/mol. The summed E-state index contributed by atoms with van der Waals surface area (Å²) in [6.07, 6.45) is 2.03. The molecule has 0 unspecified atom stereocenters. The number of para-hydroxylation sites is 1. The summed E-state index contributed by atoms with van der Waals surface area (Å²) in [5.41, 5.74) is 5.63. The van der Waals surface area contributed by atoms with Crippen LogP contribution in [0.3, 0.4) is 0 Å². The number of aryl methyl sites for hydroxylation is 1. The van der Waals surface area contributed by atoms with E-state index in [4.69, 9.17) is 14.2 Å². The van der Waals surface area contributed by atoms with Crippen LogP contribution in [0.5, 0.6) is 17.2 Å². The normalized spacial score (nSPS) is 14.3. The molecule has 0 fully saturated rings. The van der Waals surface area contributed by atoms with Crippen molar-refractivity contribution in [3.63, 3.8) is 0 Å². The van der Waals surface area contributed by atoms with E-state index in [9.17, 15) is 4.79 Å². The fourth-order valence-corrected chi connectivity index (χ4v) is 4.82. The molecule has 184 valence electrons. The Morgan fingerprint density at radius 1 is 0.861 bits per heavy atom. The number of methoxy groups -OCH3 is 3. The molecule has 7 heteroatoms. The van der Waals surface area contributed by atoms with Crippen LogP contribution in [-0.4, -0.2) is 36.8 Å². The average molecular weight is 484 g/mol. The molecule has 2 amide bonds. The monoisotopic (exact) mass is 483 g/mol. The summed E-state index contributed by atoms with van der Waals surface area (Å²) in [5, 5.41) is 3.10. The smallest absolute Gasteiger partial charge is 0.323 e. The number of hydrogen-bond donors (Lipinski definition) is 1. The van der Waals surface area contributed by atoms with E-state index < -0.39 is 0 Å². The molecular formula is C29H29N3O4. The van der Waals surface area contributed by atoms with Gasteiger partial charge in [0.15, 0.2) is 11.5 Å². The molecule has 0 radical (unpaired) electrons. The lowest BCUT2D eigenvalue weighted by Gasteiger charge is -2.31. The van der Waals surface area contributed by atoms with E-state index in [2.05, 4.69) is 28.1 Å². The van der Waals surface area contributed by atoms with E-state index in [0.29, 0.717) is 29.5 Å². The van der Waals surface area contributed by atoms with Crippen LogP contribution >= 0.6 is 0 Å². The van der Waals surface area contributed by atoms with E-state index in [1.54, 1.807) is 21.3 Å². The van der Waals surface area contributed by atoms with Gasteiger partial charge in [-0.1, -0.05) is 30.3 Å². The van der Waals surface area contributed by atoms with E-state index in [-0.39, 0.29) is 12.1 Å². The number of fused-ring (bicyclic) bond motifs is 3. The molecule has 1 atom stereocenters. The van der Waals surface area contributed by atoms with Gasteiger partial charge in [-0.25, -0.2) is 4.79 Å². The number of anilines is 1. The average Bonchev–Trinajstić information content (AvgIpc) is 3.32. The fourth-order valence-electron chi connectivity index (χ4n) is 4.82. The second-order valence-electron chi connectivity index (χ2n) is 8.71. The zero-order chi connectivity index (χ0) is 25.2. The van der Waals surface area contributed by atoms with Gasteiger partial charge in [0.25, 0.3) is 0 Å². The highest BCUT2D eigenvalue weighted by Crippen LogP contribution is 2.40. The first-order chi connectivity index (χ1) is 17.5. The highest BCUT2D eigenvalue weighted by molar-refractivity contribution is 5.92. The lowest BCUT2D eigenvalue weighted by molar-refractivity contribution is 0.194. The fraction of sp³-hybridized carbons (Fsp3) is 0.207. The molecule has 5 rings (SSSR count). The molecule has 4 aromatic rings. The lowest BCUT2D eigenvalue weighted by Crippen LogP contribution is -2.38. The SMILES string of the molecule is COc1ccc(C)cc1NC(=O)N1Cc2ccccc2-n2cccc2[C@H]1c1ccc(OC)c(OC)c1. The Morgan fingerprint density at radius 3 is 2.39 bits per heavy atom. The molecular weight excluding hydrogens is 454 g/mol. The first kappa shape index (κ1) is 23.4. The molecule has 0 spiro atoms.